The van der Waals surface area contributed by atoms with Crippen molar-refractivity contribution < 1.29 is 18.0 Å². The number of sulfonamides is 1. The zero-order chi connectivity index (χ0) is 29.6. The number of carbonyl (C=O) groups excluding carboxylic acids is 2. The van der Waals surface area contributed by atoms with Gasteiger partial charge < -0.3 is 10.2 Å². The highest BCUT2D eigenvalue weighted by Crippen LogP contribution is 2.27. The largest absolute Gasteiger partial charge is 0.352 e. The number of carbonyl (C=O) groups is 2. The maximum absolute atomic E-state index is 14.1. The van der Waals surface area contributed by atoms with Gasteiger partial charge in [0.15, 0.2) is 0 Å². The standard InChI is InChI=1S/C30H35Cl2N3O4S/c1-20(2)33-30(37)28(16-23-11-7-6-8-12-23)34(18-24-14-15-25(31)17-26(24)32)29(36)19-35(40(5,38)39)27-13-9-10-21(3)22(27)4/h6-15,17,20,28H,16,18-19H2,1-5H3,(H,33,37)/t28-/m1/s1. The third kappa shape index (κ3) is 8.22. The minimum absolute atomic E-state index is 0.0255. The van der Waals surface area contributed by atoms with Crippen molar-refractivity contribution >= 4 is 50.7 Å². The first-order valence-electron chi connectivity index (χ1n) is 12.9. The molecule has 0 saturated carbocycles. The fraction of sp³-hybridized carbons (Fsp3) is 0.333. The molecule has 3 rings (SSSR count). The van der Waals surface area contributed by atoms with Crippen LogP contribution in [0.25, 0.3) is 0 Å². The topological polar surface area (TPSA) is 86.8 Å². The molecule has 214 valence electrons. The Morgan fingerprint density at radius 1 is 0.950 bits per heavy atom. The molecule has 0 aliphatic carbocycles. The second-order valence-corrected chi connectivity index (χ2v) is 12.9. The van der Waals surface area contributed by atoms with Crippen molar-refractivity contribution in [1.29, 1.82) is 0 Å². The van der Waals surface area contributed by atoms with E-state index in [-0.39, 0.29) is 24.9 Å². The van der Waals surface area contributed by atoms with Gasteiger partial charge in [0.05, 0.1) is 11.9 Å². The van der Waals surface area contributed by atoms with Gasteiger partial charge in [-0.1, -0.05) is 71.7 Å². The summed E-state index contributed by atoms with van der Waals surface area (Å²) in [6.45, 7) is 6.85. The maximum Gasteiger partial charge on any atom is 0.244 e. The summed E-state index contributed by atoms with van der Waals surface area (Å²) < 4.78 is 27.1. The normalized spacial score (nSPS) is 12.2. The number of halogens is 2. The van der Waals surface area contributed by atoms with Crippen LogP contribution in [0.5, 0.6) is 0 Å². The summed E-state index contributed by atoms with van der Waals surface area (Å²) in [5.74, 6) is -0.896. The van der Waals surface area contributed by atoms with Gasteiger partial charge in [-0.2, -0.15) is 0 Å². The molecule has 40 heavy (non-hydrogen) atoms. The fourth-order valence-electron chi connectivity index (χ4n) is 4.37. The predicted molar refractivity (Wildman–Crippen MR) is 162 cm³/mol. The molecule has 0 spiro atoms. The van der Waals surface area contributed by atoms with E-state index in [4.69, 9.17) is 23.2 Å². The number of hydrogen-bond acceptors (Lipinski definition) is 4. The van der Waals surface area contributed by atoms with E-state index in [0.29, 0.717) is 21.3 Å². The molecule has 0 heterocycles. The Bertz CT molecular complexity index is 1460. The number of amides is 2. The Balaban J connectivity index is 2.11. The zero-order valence-electron chi connectivity index (χ0n) is 23.3. The Kier molecular flexibility index (Phi) is 10.6. The van der Waals surface area contributed by atoms with Crippen LogP contribution in [0.2, 0.25) is 10.0 Å². The van der Waals surface area contributed by atoms with Crippen molar-refractivity contribution in [1.82, 2.24) is 10.2 Å². The van der Waals surface area contributed by atoms with E-state index in [9.17, 15) is 18.0 Å². The molecule has 1 N–H and O–H groups in total. The van der Waals surface area contributed by atoms with Crippen molar-refractivity contribution in [2.75, 3.05) is 17.1 Å². The molecule has 3 aromatic carbocycles. The quantitative estimate of drug-likeness (QED) is 0.312. The van der Waals surface area contributed by atoms with Crippen molar-refractivity contribution in [2.24, 2.45) is 0 Å². The van der Waals surface area contributed by atoms with Gasteiger partial charge in [0.1, 0.15) is 12.6 Å². The van der Waals surface area contributed by atoms with Crippen LogP contribution in [0.3, 0.4) is 0 Å². The number of aryl methyl sites for hydroxylation is 1. The molecule has 1 atom stereocenters. The molecule has 0 bridgehead atoms. The average molecular weight is 605 g/mol. The molecular weight excluding hydrogens is 569 g/mol. The number of hydrogen-bond donors (Lipinski definition) is 1. The average Bonchev–Trinajstić information content (AvgIpc) is 2.87. The molecule has 0 unspecified atom stereocenters. The van der Waals surface area contributed by atoms with E-state index in [1.807, 2.05) is 64.1 Å². The van der Waals surface area contributed by atoms with Crippen LogP contribution in [-0.2, 0) is 32.6 Å². The molecule has 0 radical (unpaired) electrons. The molecule has 0 aliphatic rings. The number of nitrogens with zero attached hydrogens (tertiary/aromatic N) is 2. The van der Waals surface area contributed by atoms with Crippen LogP contribution in [-0.4, -0.2) is 50.0 Å². The fourth-order valence-corrected chi connectivity index (χ4v) is 5.74. The molecule has 0 saturated heterocycles. The molecule has 7 nitrogen and oxygen atoms in total. The molecule has 0 aliphatic heterocycles. The Labute approximate surface area is 247 Å². The molecule has 0 fully saturated rings. The Hall–Kier alpha value is -3.07. The lowest BCUT2D eigenvalue weighted by Crippen LogP contribution is -2.54. The van der Waals surface area contributed by atoms with Gasteiger partial charge in [-0.3, -0.25) is 13.9 Å². The highest BCUT2D eigenvalue weighted by Gasteiger charge is 2.34. The minimum Gasteiger partial charge on any atom is -0.352 e. The van der Waals surface area contributed by atoms with E-state index < -0.39 is 28.5 Å². The summed E-state index contributed by atoms with van der Waals surface area (Å²) in [5, 5.41) is 3.69. The Morgan fingerprint density at radius 2 is 1.62 bits per heavy atom. The predicted octanol–water partition coefficient (Wildman–Crippen LogP) is 5.54. The second-order valence-electron chi connectivity index (χ2n) is 10.1. The molecular formula is C30H35Cl2N3O4S. The Morgan fingerprint density at radius 3 is 2.23 bits per heavy atom. The molecule has 2 amide bonds. The number of anilines is 1. The van der Waals surface area contributed by atoms with Gasteiger partial charge in [-0.05, 0) is 68.1 Å². The first kappa shape index (κ1) is 31.5. The third-order valence-corrected chi connectivity index (χ3v) is 8.30. The summed E-state index contributed by atoms with van der Waals surface area (Å²) in [7, 11) is -3.85. The second kappa shape index (κ2) is 13.5. The summed E-state index contributed by atoms with van der Waals surface area (Å²) in [4.78, 5) is 29.1. The third-order valence-electron chi connectivity index (χ3n) is 6.58. The van der Waals surface area contributed by atoms with Crippen LogP contribution < -0.4 is 9.62 Å². The van der Waals surface area contributed by atoms with E-state index >= 15 is 0 Å². The summed E-state index contributed by atoms with van der Waals surface area (Å²) in [5.41, 5.74) is 3.47. The number of benzene rings is 3. The van der Waals surface area contributed by atoms with E-state index in [2.05, 4.69) is 5.32 Å². The van der Waals surface area contributed by atoms with Gasteiger partial charge in [0, 0.05) is 29.1 Å². The van der Waals surface area contributed by atoms with E-state index in [0.717, 1.165) is 27.3 Å². The monoisotopic (exact) mass is 603 g/mol. The lowest BCUT2D eigenvalue weighted by Gasteiger charge is -2.34. The summed E-state index contributed by atoms with van der Waals surface area (Å²) in [6.07, 6.45) is 1.29. The van der Waals surface area contributed by atoms with Crippen molar-refractivity contribution in [2.45, 2.75) is 52.7 Å². The first-order chi connectivity index (χ1) is 18.8. The zero-order valence-corrected chi connectivity index (χ0v) is 25.6. The highest BCUT2D eigenvalue weighted by atomic mass is 35.5. The lowest BCUT2D eigenvalue weighted by molar-refractivity contribution is -0.140. The molecule has 10 heteroatoms. The van der Waals surface area contributed by atoms with Gasteiger partial charge in [0.25, 0.3) is 0 Å². The van der Waals surface area contributed by atoms with Crippen molar-refractivity contribution in [3.05, 3.63) is 99.0 Å². The van der Waals surface area contributed by atoms with Gasteiger partial charge >= 0.3 is 0 Å². The van der Waals surface area contributed by atoms with Crippen LogP contribution in [0, 0.1) is 13.8 Å². The van der Waals surface area contributed by atoms with Gasteiger partial charge in [-0.15, -0.1) is 0 Å². The number of nitrogens with one attached hydrogen (secondary N) is 1. The van der Waals surface area contributed by atoms with Crippen molar-refractivity contribution in [3.8, 4) is 0 Å². The molecule has 0 aromatic heterocycles. The highest BCUT2D eigenvalue weighted by molar-refractivity contribution is 7.92. The maximum atomic E-state index is 14.1. The van der Waals surface area contributed by atoms with E-state index in [1.165, 1.54) is 4.90 Å². The minimum atomic E-state index is -3.85. The number of rotatable bonds is 11. The smallest absolute Gasteiger partial charge is 0.244 e. The van der Waals surface area contributed by atoms with Gasteiger partial charge in [-0.25, -0.2) is 8.42 Å². The summed E-state index contributed by atoms with van der Waals surface area (Å²) >= 11 is 12.6. The summed E-state index contributed by atoms with van der Waals surface area (Å²) in [6, 6.07) is 18.5. The SMILES string of the molecule is Cc1cccc(N(CC(=O)N(Cc2ccc(Cl)cc2Cl)[C@H](Cc2ccccc2)C(=O)NC(C)C)S(C)(=O)=O)c1C. The van der Waals surface area contributed by atoms with Crippen LogP contribution in [0.15, 0.2) is 66.7 Å². The van der Waals surface area contributed by atoms with Crippen molar-refractivity contribution in [3.63, 3.8) is 0 Å². The van der Waals surface area contributed by atoms with Crippen LogP contribution >= 0.6 is 23.2 Å². The first-order valence-corrected chi connectivity index (χ1v) is 15.5. The van der Waals surface area contributed by atoms with Gasteiger partial charge in [0.2, 0.25) is 21.8 Å². The van der Waals surface area contributed by atoms with E-state index in [1.54, 1.807) is 30.3 Å². The van der Waals surface area contributed by atoms with Crippen LogP contribution in [0.1, 0.15) is 36.1 Å². The van der Waals surface area contributed by atoms with Crippen LogP contribution in [0.4, 0.5) is 5.69 Å². The lowest BCUT2D eigenvalue weighted by atomic mass is 10.0. The molecule has 3 aromatic rings.